The number of hydrogen-bond donors (Lipinski definition) is 2. The van der Waals surface area contributed by atoms with E-state index in [1.807, 2.05) is 0 Å². The summed E-state index contributed by atoms with van der Waals surface area (Å²) in [6.07, 6.45) is -0.0559. The van der Waals surface area contributed by atoms with Crippen molar-refractivity contribution in [2.45, 2.75) is 51.8 Å². The molecule has 0 aliphatic carbocycles. The van der Waals surface area contributed by atoms with E-state index in [2.05, 4.69) is 22.0 Å². The lowest BCUT2D eigenvalue weighted by molar-refractivity contribution is -0.138. The number of pyridine rings is 1. The molecule has 0 amide bonds. The van der Waals surface area contributed by atoms with E-state index < -0.39 is 35.2 Å². The summed E-state index contributed by atoms with van der Waals surface area (Å²) in [5.74, 6) is -0.637. The summed E-state index contributed by atoms with van der Waals surface area (Å²) in [6, 6.07) is 5.11. The Morgan fingerprint density at radius 1 is 1.05 bits per heavy atom. The minimum atomic E-state index is -4.74. The summed E-state index contributed by atoms with van der Waals surface area (Å²) in [6.45, 7) is 2.65. The smallest absolute Gasteiger partial charge is 0.397 e. The monoisotopic (exact) mass is 554 g/mol. The Bertz CT molecular complexity index is 1530. The van der Waals surface area contributed by atoms with E-state index in [1.165, 1.54) is 29.1 Å². The van der Waals surface area contributed by atoms with Gasteiger partial charge in [0.15, 0.2) is 0 Å². The molecule has 3 N–H and O–H groups in total. The molecule has 0 saturated heterocycles. The molecular formula is C25H24F6N6O2. The Morgan fingerprint density at radius 3 is 2.36 bits per heavy atom. The Balaban J connectivity index is 0.000000293. The number of hydrogen-bond acceptors (Lipinski definition) is 6. The van der Waals surface area contributed by atoms with Gasteiger partial charge >= 0.3 is 6.18 Å². The summed E-state index contributed by atoms with van der Waals surface area (Å²) in [5, 5.41) is 4.93. The number of nitrogens with one attached hydrogen (secondary N) is 1. The first-order valence-corrected chi connectivity index (χ1v) is 11.8. The molecular weight excluding hydrogens is 530 g/mol. The first-order valence-electron chi connectivity index (χ1n) is 11.8. The van der Waals surface area contributed by atoms with Crippen LogP contribution >= 0.6 is 0 Å². The van der Waals surface area contributed by atoms with Crippen LogP contribution in [-0.2, 0) is 12.7 Å². The molecule has 0 aliphatic heterocycles. The molecule has 39 heavy (non-hydrogen) atoms. The number of halogens is 6. The van der Waals surface area contributed by atoms with Gasteiger partial charge in [-0.05, 0) is 30.7 Å². The maximum absolute atomic E-state index is 14.6. The van der Waals surface area contributed by atoms with Gasteiger partial charge in [0.25, 0.3) is 17.5 Å². The number of alkyl halides is 5. The van der Waals surface area contributed by atoms with Crippen molar-refractivity contribution in [3.63, 3.8) is 0 Å². The van der Waals surface area contributed by atoms with Gasteiger partial charge in [-0.15, -0.1) is 0 Å². The predicted octanol–water partition coefficient (Wildman–Crippen LogP) is 5.49. The summed E-state index contributed by atoms with van der Waals surface area (Å²) < 4.78 is 77.3. The summed E-state index contributed by atoms with van der Waals surface area (Å²) in [7, 11) is 0. The van der Waals surface area contributed by atoms with Crippen LogP contribution in [0.5, 0.6) is 0 Å². The zero-order chi connectivity index (χ0) is 28.7. The third-order valence-corrected chi connectivity index (χ3v) is 5.65. The molecule has 0 atom stereocenters. The van der Waals surface area contributed by atoms with Crippen molar-refractivity contribution in [1.29, 1.82) is 0 Å². The lowest BCUT2D eigenvalue weighted by atomic mass is 10.1. The topological polar surface area (TPSA) is 120 Å². The number of unbranched alkanes of at least 4 members (excludes halogenated alkanes) is 3. The van der Waals surface area contributed by atoms with Gasteiger partial charge in [0.1, 0.15) is 11.4 Å². The van der Waals surface area contributed by atoms with E-state index in [0.29, 0.717) is 12.1 Å². The molecule has 1 aromatic carbocycles. The van der Waals surface area contributed by atoms with E-state index in [0.717, 1.165) is 44.1 Å². The molecule has 0 unspecified atom stereocenters. The molecule has 4 rings (SSSR count). The zero-order valence-electron chi connectivity index (χ0n) is 20.6. The number of anilines is 1. The molecule has 8 nitrogen and oxygen atoms in total. The third-order valence-electron chi connectivity index (χ3n) is 5.65. The van der Waals surface area contributed by atoms with Crippen LogP contribution in [0.1, 0.15) is 50.2 Å². The van der Waals surface area contributed by atoms with Crippen molar-refractivity contribution in [2.75, 3.05) is 5.73 Å². The number of nitrogens with two attached hydrogens (primary N) is 1. The zero-order valence-corrected chi connectivity index (χ0v) is 20.6. The van der Waals surface area contributed by atoms with Crippen LogP contribution in [0.15, 0.2) is 52.6 Å². The lowest BCUT2D eigenvalue weighted by Gasteiger charge is -2.09. The normalized spacial score (nSPS) is 11.5. The molecule has 3 aromatic heterocycles. The van der Waals surface area contributed by atoms with Crippen LogP contribution in [0.25, 0.3) is 22.2 Å². The minimum absolute atomic E-state index is 0.121. The molecule has 0 spiro atoms. The number of nitrogens with zero attached hydrogens (tertiary/aromatic N) is 4. The van der Waals surface area contributed by atoms with Gasteiger partial charge in [-0.1, -0.05) is 26.2 Å². The average molecular weight is 554 g/mol. The van der Waals surface area contributed by atoms with Crippen molar-refractivity contribution in [3.05, 3.63) is 80.6 Å². The first-order chi connectivity index (χ1) is 18.4. The van der Waals surface area contributed by atoms with Crippen LogP contribution in [0.2, 0.25) is 0 Å². The van der Waals surface area contributed by atoms with Gasteiger partial charge in [0, 0.05) is 23.9 Å². The summed E-state index contributed by atoms with van der Waals surface area (Å²) in [4.78, 5) is 31.3. The van der Waals surface area contributed by atoms with Crippen LogP contribution in [-0.4, -0.2) is 24.7 Å². The van der Waals surface area contributed by atoms with E-state index in [1.54, 1.807) is 5.10 Å². The number of aromatic nitrogens is 5. The number of rotatable bonds is 7. The highest BCUT2D eigenvalue weighted by Crippen LogP contribution is 2.29. The molecule has 4 aromatic rings. The number of nitrogen functional groups attached to an aromatic ring is 1. The van der Waals surface area contributed by atoms with Gasteiger partial charge in [-0.2, -0.15) is 18.3 Å². The van der Waals surface area contributed by atoms with Crippen LogP contribution < -0.4 is 16.9 Å². The molecule has 0 radical (unpaired) electrons. The van der Waals surface area contributed by atoms with Crippen LogP contribution in [0, 0.1) is 5.82 Å². The van der Waals surface area contributed by atoms with Crippen molar-refractivity contribution < 1.29 is 26.3 Å². The SMILES string of the molecule is CCCCCCn1cnc2cc(-c3ccc(C(F)F)cn3)c(F)cc2c1=O.Nc1cn[nH]c(=O)c1C(F)(F)F. The fourth-order valence-corrected chi connectivity index (χ4v) is 3.64. The largest absolute Gasteiger partial charge is 0.423 e. The Morgan fingerprint density at radius 2 is 1.79 bits per heavy atom. The van der Waals surface area contributed by atoms with Crippen LogP contribution in [0.3, 0.4) is 0 Å². The molecule has 14 heteroatoms. The Hall–Kier alpha value is -4.23. The maximum atomic E-state index is 14.6. The van der Waals surface area contributed by atoms with Crippen molar-refractivity contribution in [3.8, 4) is 11.3 Å². The number of H-pyrrole nitrogens is 1. The number of benzene rings is 1. The highest BCUT2D eigenvalue weighted by molar-refractivity contribution is 5.83. The van der Waals surface area contributed by atoms with E-state index in [9.17, 15) is 35.9 Å². The van der Waals surface area contributed by atoms with Gasteiger partial charge in [-0.3, -0.25) is 19.1 Å². The van der Waals surface area contributed by atoms with E-state index in [4.69, 9.17) is 5.73 Å². The molecule has 3 heterocycles. The fourth-order valence-electron chi connectivity index (χ4n) is 3.64. The lowest BCUT2D eigenvalue weighted by Crippen LogP contribution is -2.24. The van der Waals surface area contributed by atoms with Gasteiger partial charge in [-0.25, -0.2) is 23.3 Å². The molecule has 0 saturated carbocycles. The van der Waals surface area contributed by atoms with E-state index in [-0.39, 0.29) is 27.8 Å². The van der Waals surface area contributed by atoms with Crippen molar-refractivity contribution in [1.82, 2.24) is 24.7 Å². The Labute approximate surface area is 217 Å². The highest BCUT2D eigenvalue weighted by atomic mass is 19.4. The highest BCUT2D eigenvalue weighted by Gasteiger charge is 2.36. The van der Waals surface area contributed by atoms with Crippen molar-refractivity contribution in [2.24, 2.45) is 0 Å². The molecule has 0 fully saturated rings. The average Bonchev–Trinajstić information content (AvgIpc) is 2.87. The Kier molecular flexibility index (Phi) is 9.43. The quantitative estimate of drug-likeness (QED) is 0.230. The van der Waals surface area contributed by atoms with Gasteiger partial charge in [0.05, 0.1) is 34.8 Å². The number of aryl methyl sites for hydroxylation is 1. The van der Waals surface area contributed by atoms with E-state index >= 15 is 0 Å². The molecule has 0 aliphatic rings. The molecule has 0 bridgehead atoms. The fraction of sp³-hybridized carbons (Fsp3) is 0.320. The minimum Gasteiger partial charge on any atom is -0.397 e. The van der Waals surface area contributed by atoms with Crippen LogP contribution in [0.4, 0.5) is 32.0 Å². The number of fused-ring (bicyclic) bond motifs is 1. The second-order valence-electron chi connectivity index (χ2n) is 8.46. The summed E-state index contributed by atoms with van der Waals surface area (Å²) in [5.41, 5.74) is 1.65. The standard InChI is InChI=1S/C20H20F3N3O.C5H4F3N3O/c1-2-3-4-5-8-26-12-25-18-10-14(16(21)9-15(18)20(26)27)17-7-6-13(11-24-17)19(22)23;6-5(7,8)3-2(9)1-10-11-4(3)12/h6-7,9-12,19H,2-5,8H2,1H3;1H,(H3,9,11,12). The van der Waals surface area contributed by atoms with Crippen molar-refractivity contribution >= 4 is 16.6 Å². The van der Waals surface area contributed by atoms with Gasteiger partial charge in [0.2, 0.25) is 0 Å². The predicted molar refractivity (Wildman–Crippen MR) is 133 cm³/mol. The number of aromatic amines is 1. The second kappa shape index (κ2) is 12.5. The first kappa shape index (κ1) is 29.3. The maximum Gasteiger partial charge on any atom is 0.423 e. The second-order valence-corrected chi connectivity index (χ2v) is 8.46. The van der Waals surface area contributed by atoms with Gasteiger partial charge < -0.3 is 5.73 Å². The third kappa shape index (κ3) is 7.21. The summed E-state index contributed by atoms with van der Waals surface area (Å²) >= 11 is 0. The molecule has 208 valence electrons.